The number of halogens is 1. The van der Waals surface area contributed by atoms with Crippen molar-refractivity contribution >= 4 is 5.91 Å². The Bertz CT molecular complexity index is 425. The molecule has 0 saturated carbocycles. The second kappa shape index (κ2) is 5.91. The Hall–Kier alpha value is -1.49. The van der Waals surface area contributed by atoms with Crippen molar-refractivity contribution in [2.45, 2.75) is 25.9 Å². The molecule has 0 radical (unpaired) electrons. The van der Waals surface area contributed by atoms with Gasteiger partial charge in [0.25, 0.3) is 5.91 Å². The van der Waals surface area contributed by atoms with Crippen molar-refractivity contribution in [3.63, 3.8) is 0 Å². The highest BCUT2D eigenvalue weighted by Crippen LogP contribution is 2.22. The molecule has 18 heavy (non-hydrogen) atoms. The summed E-state index contributed by atoms with van der Waals surface area (Å²) in [7, 11) is 0. The first-order valence-electron chi connectivity index (χ1n) is 6.23. The van der Waals surface area contributed by atoms with Gasteiger partial charge >= 0.3 is 0 Å². The zero-order valence-corrected chi connectivity index (χ0v) is 10.4. The van der Waals surface area contributed by atoms with Crippen LogP contribution in [0.4, 0.5) is 4.39 Å². The van der Waals surface area contributed by atoms with Crippen LogP contribution in [-0.4, -0.2) is 30.1 Å². The van der Waals surface area contributed by atoms with Crippen LogP contribution in [0.15, 0.2) is 18.2 Å². The summed E-state index contributed by atoms with van der Waals surface area (Å²) >= 11 is 0. The molecule has 2 rings (SSSR count). The second-order valence-corrected chi connectivity index (χ2v) is 4.42. The lowest BCUT2D eigenvalue weighted by molar-refractivity contribution is 0.0824. The molecule has 0 aromatic carbocycles. The van der Waals surface area contributed by atoms with Gasteiger partial charge < -0.3 is 10.1 Å². The Morgan fingerprint density at radius 3 is 3.17 bits per heavy atom. The summed E-state index contributed by atoms with van der Waals surface area (Å²) in [6, 6.07) is 4.19. The minimum atomic E-state index is -0.640. The minimum Gasteiger partial charge on any atom is -0.378 e. The van der Waals surface area contributed by atoms with Crippen molar-refractivity contribution in [3.8, 4) is 0 Å². The zero-order chi connectivity index (χ0) is 13.0. The van der Waals surface area contributed by atoms with E-state index in [4.69, 9.17) is 4.74 Å². The molecule has 98 valence electrons. The van der Waals surface area contributed by atoms with Crippen LogP contribution in [0.5, 0.6) is 0 Å². The lowest BCUT2D eigenvalue weighted by Crippen LogP contribution is -2.33. The van der Waals surface area contributed by atoms with E-state index in [9.17, 15) is 9.18 Å². The summed E-state index contributed by atoms with van der Waals surface area (Å²) in [4.78, 5) is 15.3. The Kier molecular flexibility index (Phi) is 4.25. The van der Waals surface area contributed by atoms with E-state index in [1.54, 1.807) is 0 Å². The monoisotopic (exact) mass is 252 g/mol. The predicted octanol–water partition coefficient (Wildman–Crippen LogP) is 1.77. The van der Waals surface area contributed by atoms with E-state index < -0.39 is 5.95 Å². The van der Waals surface area contributed by atoms with Crippen LogP contribution in [0.1, 0.15) is 30.3 Å². The lowest BCUT2D eigenvalue weighted by Gasteiger charge is -2.16. The predicted molar refractivity (Wildman–Crippen MR) is 64.7 cm³/mol. The molecule has 2 heterocycles. The molecule has 2 unspecified atom stereocenters. The molecule has 1 amide bonds. The van der Waals surface area contributed by atoms with Gasteiger partial charge in [-0.2, -0.15) is 4.39 Å². The van der Waals surface area contributed by atoms with Crippen LogP contribution in [0.2, 0.25) is 0 Å². The number of hydrogen-bond acceptors (Lipinski definition) is 3. The third-order valence-corrected chi connectivity index (χ3v) is 3.22. The molecule has 1 fully saturated rings. The highest BCUT2D eigenvalue weighted by Gasteiger charge is 2.27. The number of hydrogen-bond donors (Lipinski definition) is 1. The van der Waals surface area contributed by atoms with Gasteiger partial charge in [0.15, 0.2) is 0 Å². The normalized spacial score (nSPS) is 23.0. The number of ether oxygens (including phenoxy) is 1. The molecular formula is C13H17FN2O2. The van der Waals surface area contributed by atoms with Crippen molar-refractivity contribution in [1.82, 2.24) is 10.3 Å². The van der Waals surface area contributed by atoms with E-state index in [1.807, 2.05) is 0 Å². The van der Waals surface area contributed by atoms with Crippen LogP contribution >= 0.6 is 0 Å². The molecule has 5 heteroatoms. The van der Waals surface area contributed by atoms with Gasteiger partial charge in [0.2, 0.25) is 5.95 Å². The average Bonchev–Trinajstić information content (AvgIpc) is 2.83. The fourth-order valence-corrected chi connectivity index (χ4v) is 2.23. The van der Waals surface area contributed by atoms with Gasteiger partial charge in [-0.15, -0.1) is 0 Å². The number of amides is 1. The van der Waals surface area contributed by atoms with Crippen molar-refractivity contribution in [2.24, 2.45) is 5.92 Å². The van der Waals surface area contributed by atoms with Gasteiger partial charge in [-0.1, -0.05) is 13.0 Å². The highest BCUT2D eigenvalue weighted by molar-refractivity contribution is 5.92. The summed E-state index contributed by atoms with van der Waals surface area (Å²) in [6.07, 6.45) is 2.11. The molecule has 2 atom stereocenters. The van der Waals surface area contributed by atoms with Crippen molar-refractivity contribution in [3.05, 3.63) is 29.8 Å². The molecule has 0 bridgehead atoms. The topological polar surface area (TPSA) is 51.2 Å². The summed E-state index contributed by atoms with van der Waals surface area (Å²) in [5.74, 6) is -0.637. The van der Waals surface area contributed by atoms with Gasteiger partial charge in [-0.05, 0) is 25.0 Å². The fourth-order valence-electron chi connectivity index (χ4n) is 2.23. The highest BCUT2D eigenvalue weighted by atomic mass is 19.1. The van der Waals surface area contributed by atoms with Crippen LogP contribution < -0.4 is 5.32 Å². The first-order valence-corrected chi connectivity index (χ1v) is 6.23. The van der Waals surface area contributed by atoms with E-state index in [0.29, 0.717) is 12.5 Å². The first kappa shape index (κ1) is 13.0. The average molecular weight is 252 g/mol. The molecule has 0 spiro atoms. The minimum absolute atomic E-state index is 0.113. The lowest BCUT2D eigenvalue weighted by atomic mass is 10.00. The van der Waals surface area contributed by atoms with Crippen molar-refractivity contribution in [2.75, 3.05) is 13.2 Å². The quantitative estimate of drug-likeness (QED) is 0.831. The van der Waals surface area contributed by atoms with E-state index >= 15 is 0 Å². The van der Waals surface area contributed by atoms with Crippen LogP contribution in [0.25, 0.3) is 0 Å². The van der Waals surface area contributed by atoms with Crippen LogP contribution in [-0.2, 0) is 4.74 Å². The number of carbonyl (C=O) groups excluding carboxylic acids is 1. The molecule has 0 aliphatic carbocycles. The molecule has 1 aromatic rings. The van der Waals surface area contributed by atoms with Crippen LogP contribution in [0.3, 0.4) is 0 Å². The summed E-state index contributed by atoms with van der Waals surface area (Å²) in [5.41, 5.74) is 0.113. The van der Waals surface area contributed by atoms with Gasteiger partial charge in [-0.3, -0.25) is 4.79 Å². The van der Waals surface area contributed by atoms with Crippen molar-refractivity contribution in [1.29, 1.82) is 0 Å². The molecule has 1 aromatic heterocycles. The Balaban J connectivity index is 1.88. The first-order chi connectivity index (χ1) is 8.70. The van der Waals surface area contributed by atoms with Gasteiger partial charge in [-0.25, -0.2) is 4.98 Å². The standard InChI is InChI=1S/C13H17FN2O2/c1-2-11-9(6-7-18-11)8-15-13(17)10-4-3-5-12(14)16-10/h3-5,9,11H,2,6-8H2,1H3,(H,15,17). The molecule has 1 saturated heterocycles. The zero-order valence-electron chi connectivity index (χ0n) is 10.4. The maximum Gasteiger partial charge on any atom is 0.270 e. The number of carbonyl (C=O) groups is 1. The SMILES string of the molecule is CCC1OCCC1CNC(=O)c1cccc(F)n1. The fraction of sp³-hybridized carbons (Fsp3) is 0.538. The number of nitrogens with one attached hydrogen (secondary N) is 1. The third kappa shape index (κ3) is 3.04. The van der Waals surface area contributed by atoms with Crippen LogP contribution in [0, 0.1) is 11.9 Å². The summed E-state index contributed by atoms with van der Waals surface area (Å²) < 4.78 is 18.4. The van der Waals surface area contributed by atoms with E-state index in [0.717, 1.165) is 19.4 Å². The second-order valence-electron chi connectivity index (χ2n) is 4.42. The van der Waals surface area contributed by atoms with Gasteiger partial charge in [0.1, 0.15) is 5.69 Å². The third-order valence-electron chi connectivity index (χ3n) is 3.22. The molecule has 1 aliphatic heterocycles. The summed E-state index contributed by atoms with van der Waals surface area (Å²) in [5, 5.41) is 2.78. The Morgan fingerprint density at radius 1 is 1.61 bits per heavy atom. The van der Waals surface area contributed by atoms with Crippen molar-refractivity contribution < 1.29 is 13.9 Å². The molecular weight excluding hydrogens is 235 g/mol. The molecule has 4 nitrogen and oxygen atoms in total. The number of aromatic nitrogens is 1. The van der Waals surface area contributed by atoms with Gasteiger partial charge in [0.05, 0.1) is 6.10 Å². The molecule has 1 aliphatic rings. The maximum atomic E-state index is 12.9. The van der Waals surface area contributed by atoms with Gasteiger partial charge in [0, 0.05) is 19.1 Å². The Labute approximate surface area is 106 Å². The van der Waals surface area contributed by atoms with E-state index in [-0.39, 0.29) is 17.7 Å². The smallest absolute Gasteiger partial charge is 0.270 e. The number of nitrogens with zero attached hydrogens (tertiary/aromatic N) is 1. The Morgan fingerprint density at radius 2 is 2.44 bits per heavy atom. The van der Waals surface area contributed by atoms with E-state index in [1.165, 1.54) is 18.2 Å². The largest absolute Gasteiger partial charge is 0.378 e. The van der Waals surface area contributed by atoms with E-state index in [2.05, 4.69) is 17.2 Å². The number of rotatable bonds is 4. The number of pyridine rings is 1. The molecule has 1 N–H and O–H groups in total. The summed E-state index contributed by atoms with van der Waals surface area (Å²) in [6.45, 7) is 3.37. The maximum absolute atomic E-state index is 12.9.